The molecule has 24 heavy (non-hydrogen) atoms. The molecule has 2 rings (SSSR count). The summed E-state index contributed by atoms with van der Waals surface area (Å²) >= 11 is 1.51. The van der Waals surface area contributed by atoms with Crippen LogP contribution in [0.25, 0.3) is 6.08 Å². The van der Waals surface area contributed by atoms with Gasteiger partial charge in [-0.2, -0.15) is 0 Å². The summed E-state index contributed by atoms with van der Waals surface area (Å²) in [7, 11) is 1.26. The Morgan fingerprint density at radius 1 is 1.17 bits per heavy atom. The number of carbonyl (C=O) groups is 2. The Hall–Kier alpha value is -2.60. The van der Waals surface area contributed by atoms with Crippen molar-refractivity contribution in [3.05, 3.63) is 50.2 Å². The average Bonchev–Trinajstić information content (AvgIpc) is 2.93. The van der Waals surface area contributed by atoms with Crippen LogP contribution >= 0.6 is 11.3 Å². The van der Waals surface area contributed by atoms with Crippen LogP contribution in [0.1, 0.15) is 42.3 Å². The second kappa shape index (κ2) is 6.88. The highest BCUT2D eigenvalue weighted by Gasteiger charge is 2.26. The number of hydrogen-bond donors (Lipinski definition) is 2. The standard InChI is InChI=1S/C18H18O5S/c1-9-7-12(24-8-9)5-6-13(19)14-10(2)11(3)15(18(21)22)17(23-4)16(14)20/h5-8,20H,1-4H3,(H,21,22). The second-order valence-electron chi connectivity index (χ2n) is 5.41. The van der Waals surface area contributed by atoms with Crippen molar-refractivity contribution < 1.29 is 24.5 Å². The van der Waals surface area contributed by atoms with Crippen molar-refractivity contribution in [1.82, 2.24) is 0 Å². The van der Waals surface area contributed by atoms with Gasteiger partial charge in [0.05, 0.1) is 12.7 Å². The highest BCUT2D eigenvalue weighted by Crippen LogP contribution is 2.39. The van der Waals surface area contributed by atoms with Gasteiger partial charge in [0.1, 0.15) is 5.56 Å². The number of aromatic carboxylic acids is 1. The van der Waals surface area contributed by atoms with Gasteiger partial charge in [-0.25, -0.2) is 4.79 Å². The van der Waals surface area contributed by atoms with Crippen molar-refractivity contribution in [1.29, 1.82) is 0 Å². The largest absolute Gasteiger partial charge is 0.504 e. The number of carboxylic acids is 1. The van der Waals surface area contributed by atoms with E-state index < -0.39 is 17.5 Å². The Morgan fingerprint density at radius 3 is 2.29 bits per heavy atom. The molecule has 1 aromatic heterocycles. The van der Waals surface area contributed by atoms with Gasteiger partial charge in [0.2, 0.25) is 0 Å². The minimum absolute atomic E-state index is 0.0545. The molecule has 0 atom stereocenters. The molecule has 5 nitrogen and oxygen atoms in total. The molecular weight excluding hydrogens is 328 g/mol. The lowest BCUT2D eigenvalue weighted by atomic mass is 9.93. The first-order chi connectivity index (χ1) is 11.3. The summed E-state index contributed by atoms with van der Waals surface area (Å²) in [5.74, 6) is -2.27. The van der Waals surface area contributed by atoms with Gasteiger partial charge in [0, 0.05) is 4.88 Å². The third-order valence-corrected chi connectivity index (χ3v) is 4.82. The van der Waals surface area contributed by atoms with Crippen molar-refractivity contribution in [2.24, 2.45) is 0 Å². The summed E-state index contributed by atoms with van der Waals surface area (Å²) in [6.07, 6.45) is 3.04. The predicted octanol–water partition coefficient (Wildman–Crippen LogP) is 3.98. The molecule has 6 heteroatoms. The van der Waals surface area contributed by atoms with E-state index in [0.29, 0.717) is 11.1 Å². The van der Waals surface area contributed by atoms with E-state index in [1.165, 1.54) is 24.5 Å². The van der Waals surface area contributed by atoms with Crippen LogP contribution in [0.4, 0.5) is 0 Å². The molecule has 1 aromatic carbocycles. The van der Waals surface area contributed by atoms with Gasteiger partial charge in [-0.05, 0) is 61.1 Å². The minimum atomic E-state index is -1.22. The molecule has 2 N–H and O–H groups in total. The van der Waals surface area contributed by atoms with Crippen LogP contribution < -0.4 is 4.74 Å². The maximum Gasteiger partial charge on any atom is 0.339 e. The summed E-state index contributed by atoms with van der Waals surface area (Å²) in [5, 5.41) is 21.7. The normalized spacial score (nSPS) is 11.0. The molecule has 0 saturated heterocycles. The lowest BCUT2D eigenvalue weighted by molar-refractivity contribution is 0.0691. The number of carboxylic acid groups (broad SMARTS) is 1. The monoisotopic (exact) mass is 346 g/mol. The van der Waals surface area contributed by atoms with E-state index in [2.05, 4.69) is 0 Å². The van der Waals surface area contributed by atoms with E-state index in [9.17, 15) is 19.8 Å². The molecule has 0 aliphatic rings. The van der Waals surface area contributed by atoms with Crippen molar-refractivity contribution in [2.75, 3.05) is 7.11 Å². The summed E-state index contributed by atoms with van der Waals surface area (Å²) < 4.78 is 5.03. The van der Waals surface area contributed by atoms with Crippen LogP contribution in [0.5, 0.6) is 11.5 Å². The molecule has 0 amide bonds. The van der Waals surface area contributed by atoms with Crippen LogP contribution in [-0.4, -0.2) is 29.1 Å². The first-order valence-corrected chi connectivity index (χ1v) is 8.06. The molecule has 0 spiro atoms. The highest BCUT2D eigenvalue weighted by atomic mass is 32.1. The third-order valence-electron chi connectivity index (χ3n) is 3.81. The Morgan fingerprint density at radius 2 is 1.79 bits per heavy atom. The zero-order chi connectivity index (χ0) is 18.0. The number of allylic oxidation sites excluding steroid dienone is 1. The quantitative estimate of drug-likeness (QED) is 0.632. The van der Waals surface area contributed by atoms with E-state index in [4.69, 9.17) is 4.74 Å². The van der Waals surface area contributed by atoms with Gasteiger partial charge in [0.15, 0.2) is 17.3 Å². The smallest absolute Gasteiger partial charge is 0.339 e. The summed E-state index contributed by atoms with van der Waals surface area (Å²) in [6, 6.07) is 1.94. The Bertz CT molecular complexity index is 846. The number of benzene rings is 1. The Labute approximate surface area is 143 Å². The number of methoxy groups -OCH3 is 1. The molecule has 0 fully saturated rings. The fourth-order valence-electron chi connectivity index (χ4n) is 2.49. The van der Waals surface area contributed by atoms with Gasteiger partial charge in [-0.3, -0.25) is 4.79 Å². The minimum Gasteiger partial charge on any atom is -0.504 e. The summed E-state index contributed by atoms with van der Waals surface area (Å²) in [6.45, 7) is 5.16. The van der Waals surface area contributed by atoms with Crippen molar-refractivity contribution in [3.63, 3.8) is 0 Å². The molecule has 0 bridgehead atoms. The van der Waals surface area contributed by atoms with Crippen LogP contribution in [0.3, 0.4) is 0 Å². The summed E-state index contributed by atoms with van der Waals surface area (Å²) in [5.41, 5.74) is 1.83. The van der Waals surface area contributed by atoms with Crippen molar-refractivity contribution in [2.45, 2.75) is 20.8 Å². The number of rotatable bonds is 5. The summed E-state index contributed by atoms with van der Waals surface area (Å²) in [4.78, 5) is 24.9. The number of thiophene rings is 1. The molecule has 1 heterocycles. The highest BCUT2D eigenvalue weighted by molar-refractivity contribution is 7.11. The van der Waals surface area contributed by atoms with Crippen LogP contribution in [-0.2, 0) is 0 Å². The number of phenolic OH excluding ortho intramolecular Hbond substituents is 1. The molecule has 2 aromatic rings. The Kier molecular flexibility index (Phi) is 5.09. The van der Waals surface area contributed by atoms with Crippen LogP contribution in [0.15, 0.2) is 17.5 Å². The predicted molar refractivity (Wildman–Crippen MR) is 93.5 cm³/mol. The zero-order valence-electron chi connectivity index (χ0n) is 13.8. The molecule has 0 aliphatic heterocycles. The second-order valence-corrected chi connectivity index (χ2v) is 6.35. The first kappa shape index (κ1) is 17.7. The molecule has 126 valence electrons. The SMILES string of the molecule is COc1c(O)c(C(=O)C=Cc2cc(C)cs2)c(C)c(C)c1C(=O)O. The van der Waals surface area contributed by atoms with Gasteiger partial charge in [0.25, 0.3) is 0 Å². The third kappa shape index (κ3) is 3.19. The zero-order valence-corrected chi connectivity index (χ0v) is 14.7. The number of aromatic hydroxyl groups is 1. The van der Waals surface area contributed by atoms with E-state index >= 15 is 0 Å². The van der Waals surface area contributed by atoms with Crippen molar-refractivity contribution in [3.8, 4) is 11.5 Å². The fourth-order valence-corrected chi connectivity index (χ4v) is 3.29. The molecule has 0 unspecified atom stereocenters. The lowest BCUT2D eigenvalue weighted by Gasteiger charge is -2.16. The number of hydrogen-bond acceptors (Lipinski definition) is 5. The number of carbonyl (C=O) groups excluding carboxylic acids is 1. The number of phenols is 1. The van der Waals surface area contributed by atoms with E-state index in [1.807, 2.05) is 18.4 Å². The van der Waals surface area contributed by atoms with Gasteiger partial charge >= 0.3 is 5.97 Å². The van der Waals surface area contributed by atoms with E-state index in [-0.39, 0.29) is 16.9 Å². The number of aryl methyl sites for hydroxylation is 1. The number of ether oxygens (including phenoxy) is 1. The fraction of sp³-hybridized carbons (Fsp3) is 0.222. The van der Waals surface area contributed by atoms with Gasteiger partial charge in [-0.15, -0.1) is 11.3 Å². The number of ketones is 1. The van der Waals surface area contributed by atoms with Crippen molar-refractivity contribution >= 4 is 29.2 Å². The average molecular weight is 346 g/mol. The molecule has 0 saturated carbocycles. The van der Waals surface area contributed by atoms with Crippen LogP contribution in [0, 0.1) is 20.8 Å². The lowest BCUT2D eigenvalue weighted by Crippen LogP contribution is -2.10. The molecule has 0 radical (unpaired) electrons. The first-order valence-electron chi connectivity index (χ1n) is 7.18. The maximum absolute atomic E-state index is 12.5. The topological polar surface area (TPSA) is 83.8 Å². The van der Waals surface area contributed by atoms with Gasteiger partial charge < -0.3 is 14.9 Å². The van der Waals surface area contributed by atoms with E-state index in [0.717, 1.165) is 10.4 Å². The molecular formula is C18H18O5S. The maximum atomic E-state index is 12.5. The Balaban J connectivity index is 2.54. The molecule has 0 aliphatic carbocycles. The van der Waals surface area contributed by atoms with Gasteiger partial charge in [-0.1, -0.05) is 0 Å². The van der Waals surface area contributed by atoms with Crippen LogP contribution in [0.2, 0.25) is 0 Å². The van der Waals surface area contributed by atoms with E-state index in [1.54, 1.807) is 19.9 Å².